The van der Waals surface area contributed by atoms with Gasteiger partial charge in [-0.3, -0.25) is 13.7 Å². The van der Waals surface area contributed by atoms with Crippen molar-refractivity contribution in [3.05, 3.63) is 236 Å². The monoisotopic (exact) mass is 891 g/mol. The number of fused-ring (bicyclic) bond motifs is 10. The fraction of sp³-hybridized carbons (Fsp3) is 0.0625. The van der Waals surface area contributed by atoms with Crippen molar-refractivity contribution >= 4 is 32.8 Å². The van der Waals surface area contributed by atoms with E-state index >= 15 is 0 Å². The van der Waals surface area contributed by atoms with E-state index in [0.717, 1.165) is 88.9 Å². The van der Waals surface area contributed by atoms with Crippen LogP contribution < -0.4 is 9.30 Å². The summed E-state index contributed by atoms with van der Waals surface area (Å²) in [6.45, 7) is 6.65. The largest absolute Gasteiger partial charge is 0.458 e. The first-order valence-electron chi connectivity index (χ1n) is 25.7. The topological polar surface area (TPSA) is 35.9 Å². The zero-order chi connectivity index (χ0) is 50.6. The molecule has 0 fully saturated rings. The summed E-state index contributed by atoms with van der Waals surface area (Å²) in [7, 11) is 0. The molecule has 0 amide bonds. The number of benzene rings is 9. The Kier molecular flexibility index (Phi) is 8.17. The molecule has 0 aliphatic carbocycles. The molecule has 328 valence electrons. The second kappa shape index (κ2) is 15.9. The minimum absolute atomic E-state index is 0.0824. The number of ether oxygens (including phenoxy) is 1. The molecule has 0 saturated carbocycles. The number of imidazole rings is 1. The first kappa shape index (κ1) is 35.4. The lowest BCUT2D eigenvalue weighted by Gasteiger charge is -2.20. The third-order valence-corrected chi connectivity index (χ3v) is 13.4. The van der Waals surface area contributed by atoms with Gasteiger partial charge in [-0.25, -0.2) is 4.98 Å². The van der Waals surface area contributed by atoms with Gasteiger partial charge in [0.25, 0.3) is 6.33 Å². The lowest BCUT2D eigenvalue weighted by atomic mass is 9.88. The summed E-state index contributed by atoms with van der Waals surface area (Å²) in [6, 6.07) is 62.4. The van der Waals surface area contributed by atoms with Crippen LogP contribution in [0, 0.1) is 6.33 Å². The van der Waals surface area contributed by atoms with Crippen molar-refractivity contribution in [2.45, 2.75) is 26.2 Å². The standard InChI is InChI=1S/C64H46N4O/c1-64(2,3)45-35-36-65-61(38-45)68-58-34-31-44(42-17-6-4-7-18-42)37-57(58)54-33-32-48(40-60(54)68)69-47-22-14-21-46(39-47)66-41-67-62-49(43-19-8-5-9-20-43)27-15-28-55(62)52-25-12-10-23-50(52)51-24-11-13-26-53(51)56-29-16-30-59(66)63(56)67/h4-40H,1-3H3/i5D,8D,9D,19D,20D. The van der Waals surface area contributed by atoms with E-state index in [1.807, 2.05) is 88.1 Å². The van der Waals surface area contributed by atoms with Crippen molar-refractivity contribution in [3.8, 4) is 84.3 Å². The molecule has 0 unspecified atom stereocenters. The van der Waals surface area contributed by atoms with Crippen LogP contribution in [0.2, 0.25) is 0 Å². The van der Waals surface area contributed by atoms with Crippen LogP contribution in [0.5, 0.6) is 11.5 Å². The van der Waals surface area contributed by atoms with E-state index in [0.29, 0.717) is 22.7 Å². The van der Waals surface area contributed by atoms with Gasteiger partial charge in [0.1, 0.15) is 17.3 Å². The molecule has 0 spiro atoms. The summed E-state index contributed by atoms with van der Waals surface area (Å²) in [6.07, 6.45) is 5.65. The van der Waals surface area contributed by atoms with Crippen LogP contribution in [-0.4, -0.2) is 14.1 Å². The zero-order valence-electron chi connectivity index (χ0n) is 43.2. The number of nitrogens with zero attached hydrogens (tertiary/aromatic N) is 4. The molecule has 0 atom stereocenters. The van der Waals surface area contributed by atoms with Crippen LogP contribution in [0.15, 0.2) is 224 Å². The Hall–Kier alpha value is -8.80. The smallest absolute Gasteiger partial charge is 0.269 e. The van der Waals surface area contributed by atoms with E-state index in [2.05, 4.69) is 147 Å². The molecule has 12 aromatic rings. The molecule has 69 heavy (non-hydrogen) atoms. The molecule has 0 N–H and O–H groups in total. The van der Waals surface area contributed by atoms with Gasteiger partial charge in [0.2, 0.25) is 0 Å². The highest BCUT2D eigenvalue weighted by atomic mass is 16.5. The Morgan fingerprint density at radius 2 is 1.17 bits per heavy atom. The Bertz CT molecular complexity index is 4260. The van der Waals surface area contributed by atoms with E-state index in [1.54, 1.807) is 0 Å². The molecule has 0 saturated heterocycles. The summed E-state index contributed by atoms with van der Waals surface area (Å²) in [5.41, 5.74) is 14.8. The van der Waals surface area contributed by atoms with E-state index in [4.69, 9.17) is 13.8 Å². The van der Waals surface area contributed by atoms with Crippen LogP contribution in [0.25, 0.3) is 106 Å². The second-order valence-corrected chi connectivity index (χ2v) is 18.6. The molecule has 5 heteroatoms. The highest BCUT2D eigenvalue weighted by Gasteiger charge is 2.26. The maximum absolute atomic E-state index is 9.21. The SMILES string of the molecule is [2H]c1c([2H])c([2H])c(-c2cccc3c2-[n+]2[c-]n(-c4cccc(Oc5ccc6c7cc(-c8ccccc8)ccc7n(-c7cc(C(C)(C)C)ccn7)c6c5)c4)c4cccc(c42)-c2ccccc2-c2ccccc2-3)c([2H])c1[2H]. The lowest BCUT2D eigenvalue weighted by Crippen LogP contribution is -2.32. The first-order valence-corrected chi connectivity index (χ1v) is 23.2. The molecular formula is C64H46N4O. The van der Waals surface area contributed by atoms with Crippen LogP contribution in [0.3, 0.4) is 0 Å². The minimum Gasteiger partial charge on any atom is -0.458 e. The van der Waals surface area contributed by atoms with Gasteiger partial charge in [0.05, 0.1) is 40.3 Å². The molecule has 5 nitrogen and oxygen atoms in total. The number of hydrogen-bond donors (Lipinski definition) is 0. The number of para-hydroxylation sites is 2. The Labute approximate surface area is 408 Å². The van der Waals surface area contributed by atoms with Gasteiger partial charge >= 0.3 is 0 Å². The molecule has 3 aromatic heterocycles. The van der Waals surface area contributed by atoms with Crippen molar-refractivity contribution in [2.75, 3.05) is 0 Å². The predicted octanol–water partition coefficient (Wildman–Crippen LogP) is 15.9. The minimum atomic E-state index is -0.442. The van der Waals surface area contributed by atoms with Crippen molar-refractivity contribution < 1.29 is 16.2 Å². The number of aromatic nitrogens is 4. The second-order valence-electron chi connectivity index (χ2n) is 18.6. The van der Waals surface area contributed by atoms with Gasteiger partial charge < -0.3 is 4.74 Å². The molecule has 9 aromatic carbocycles. The fourth-order valence-electron chi connectivity index (χ4n) is 10.2. The molecular weight excluding hydrogens is 841 g/mol. The first-order chi connectivity index (χ1) is 35.9. The normalized spacial score (nSPS) is 13.0. The van der Waals surface area contributed by atoms with Crippen molar-refractivity contribution in [2.24, 2.45) is 0 Å². The molecule has 1 aliphatic rings. The average molecular weight is 892 g/mol. The van der Waals surface area contributed by atoms with Gasteiger partial charge in [-0.05, 0) is 121 Å². The Morgan fingerprint density at radius 1 is 0.507 bits per heavy atom. The van der Waals surface area contributed by atoms with Gasteiger partial charge in [-0.1, -0.05) is 178 Å². The molecule has 0 bridgehead atoms. The quantitative estimate of drug-likeness (QED) is 0.123. The molecule has 13 rings (SSSR count). The molecule has 4 heterocycles. The summed E-state index contributed by atoms with van der Waals surface area (Å²) in [5.74, 6) is 2.10. The zero-order valence-corrected chi connectivity index (χ0v) is 38.2. The van der Waals surface area contributed by atoms with Crippen LogP contribution in [0.4, 0.5) is 0 Å². The van der Waals surface area contributed by atoms with E-state index < -0.39 is 18.1 Å². The Morgan fingerprint density at radius 3 is 1.96 bits per heavy atom. The van der Waals surface area contributed by atoms with Gasteiger partial charge in [0, 0.05) is 23.0 Å². The van der Waals surface area contributed by atoms with Crippen molar-refractivity contribution in [1.82, 2.24) is 14.1 Å². The van der Waals surface area contributed by atoms with E-state index in [-0.39, 0.29) is 23.1 Å². The van der Waals surface area contributed by atoms with Crippen LogP contribution in [-0.2, 0) is 5.41 Å². The average Bonchev–Trinajstić information content (AvgIpc) is 3.98. The molecule has 0 radical (unpaired) electrons. The summed E-state index contributed by atoms with van der Waals surface area (Å²) in [4.78, 5) is 4.95. The summed E-state index contributed by atoms with van der Waals surface area (Å²) < 4.78 is 57.5. The number of hydrogen-bond acceptors (Lipinski definition) is 2. The van der Waals surface area contributed by atoms with Crippen LogP contribution in [0.1, 0.15) is 33.2 Å². The van der Waals surface area contributed by atoms with Crippen molar-refractivity contribution in [1.29, 1.82) is 0 Å². The van der Waals surface area contributed by atoms with Crippen molar-refractivity contribution in [3.63, 3.8) is 0 Å². The lowest BCUT2D eigenvalue weighted by molar-refractivity contribution is -0.570. The van der Waals surface area contributed by atoms with Gasteiger partial charge in [0.15, 0.2) is 0 Å². The summed E-state index contributed by atoms with van der Waals surface area (Å²) >= 11 is 0. The third-order valence-electron chi connectivity index (χ3n) is 13.4. The van der Waals surface area contributed by atoms with E-state index in [9.17, 15) is 2.74 Å². The number of rotatable bonds is 6. The van der Waals surface area contributed by atoms with E-state index in [1.165, 1.54) is 5.56 Å². The highest BCUT2D eigenvalue weighted by molar-refractivity contribution is 6.11. The van der Waals surface area contributed by atoms with Gasteiger partial charge in [-0.2, -0.15) is 0 Å². The summed E-state index contributed by atoms with van der Waals surface area (Å²) in [5, 5.41) is 2.19. The number of pyridine rings is 1. The third kappa shape index (κ3) is 6.77. The Balaban J connectivity index is 0.998. The molecule has 1 aliphatic heterocycles. The van der Waals surface area contributed by atoms with Crippen LogP contribution >= 0.6 is 0 Å². The van der Waals surface area contributed by atoms with Gasteiger partial charge in [-0.15, -0.1) is 0 Å². The maximum Gasteiger partial charge on any atom is 0.269 e. The predicted molar refractivity (Wildman–Crippen MR) is 282 cm³/mol. The fourth-order valence-corrected chi connectivity index (χ4v) is 10.2. The highest BCUT2D eigenvalue weighted by Crippen LogP contribution is 2.45. The maximum atomic E-state index is 9.21.